The van der Waals surface area contributed by atoms with Crippen LogP contribution in [-0.4, -0.2) is 11.5 Å². The van der Waals surface area contributed by atoms with E-state index in [4.69, 9.17) is 5.73 Å². The molecule has 2 nitrogen and oxygen atoms in total. The van der Waals surface area contributed by atoms with Crippen LogP contribution in [-0.2, 0) is 5.41 Å². The molecule has 0 saturated carbocycles. The van der Waals surface area contributed by atoms with Crippen LogP contribution in [0.15, 0.2) is 12.1 Å². The van der Waals surface area contributed by atoms with Crippen LogP contribution in [0.5, 0.6) is 0 Å². The van der Waals surface area contributed by atoms with E-state index < -0.39 is 0 Å². The Morgan fingerprint density at radius 2 is 1.72 bits per heavy atom. The van der Waals surface area contributed by atoms with Gasteiger partial charge in [0.2, 0.25) is 0 Å². The van der Waals surface area contributed by atoms with E-state index >= 15 is 0 Å². The molecule has 0 bridgehead atoms. The maximum absolute atomic E-state index is 5.77. The lowest BCUT2D eigenvalue weighted by molar-refractivity contribution is 0.489. The molecule has 2 heteroatoms. The molecule has 1 aromatic carbocycles. The summed E-state index contributed by atoms with van der Waals surface area (Å²) in [5.74, 6) is 0. The van der Waals surface area contributed by atoms with Gasteiger partial charge in [0, 0.05) is 16.6 Å². The highest BCUT2D eigenvalue weighted by molar-refractivity contribution is 5.91. The fourth-order valence-electron chi connectivity index (χ4n) is 3.06. The number of nitrogens with two attached hydrogens (primary N) is 1. The van der Waals surface area contributed by atoms with Gasteiger partial charge >= 0.3 is 0 Å². The molecule has 2 aromatic rings. The van der Waals surface area contributed by atoms with E-state index in [1.54, 1.807) is 0 Å². The molecule has 3 N–H and O–H groups in total. The summed E-state index contributed by atoms with van der Waals surface area (Å²) in [6.07, 6.45) is 1.01. The van der Waals surface area contributed by atoms with E-state index in [0.717, 1.165) is 13.0 Å². The van der Waals surface area contributed by atoms with Gasteiger partial charge in [-0.25, -0.2) is 0 Å². The van der Waals surface area contributed by atoms with Crippen molar-refractivity contribution in [3.8, 4) is 0 Å². The molecule has 0 aliphatic carbocycles. The van der Waals surface area contributed by atoms with Crippen LogP contribution >= 0.6 is 0 Å². The zero-order chi connectivity index (χ0) is 13.5. The second-order valence-electron chi connectivity index (χ2n) is 6.00. The first-order valence-electron chi connectivity index (χ1n) is 6.67. The number of rotatable bonds is 3. The number of fused-ring (bicyclic) bond motifs is 1. The van der Waals surface area contributed by atoms with Crippen molar-refractivity contribution in [2.45, 2.75) is 46.5 Å². The first kappa shape index (κ1) is 13.2. The summed E-state index contributed by atoms with van der Waals surface area (Å²) in [5.41, 5.74) is 12.6. The molecule has 0 spiro atoms. The van der Waals surface area contributed by atoms with Gasteiger partial charge in [-0.2, -0.15) is 0 Å². The third-order valence-corrected chi connectivity index (χ3v) is 4.01. The summed E-state index contributed by atoms with van der Waals surface area (Å²) in [7, 11) is 0. The van der Waals surface area contributed by atoms with Gasteiger partial charge in [-0.3, -0.25) is 0 Å². The van der Waals surface area contributed by atoms with Crippen molar-refractivity contribution in [3.05, 3.63) is 34.5 Å². The number of nitrogens with one attached hydrogen (secondary N) is 1. The van der Waals surface area contributed by atoms with Gasteiger partial charge in [0.05, 0.1) is 0 Å². The van der Waals surface area contributed by atoms with E-state index in [1.165, 1.54) is 33.3 Å². The predicted molar refractivity (Wildman–Crippen MR) is 79.2 cm³/mol. The van der Waals surface area contributed by atoms with Crippen LogP contribution in [0.1, 0.15) is 42.7 Å². The van der Waals surface area contributed by atoms with Gasteiger partial charge in [0.1, 0.15) is 0 Å². The van der Waals surface area contributed by atoms with E-state index in [9.17, 15) is 0 Å². The Kier molecular flexibility index (Phi) is 3.24. The van der Waals surface area contributed by atoms with E-state index in [-0.39, 0.29) is 5.41 Å². The SMILES string of the molecule is Cc1[nH]c2c(C)ccc(C)c2c1C(C)(C)CCN. The normalized spacial score (nSPS) is 12.3. The van der Waals surface area contributed by atoms with Crippen LogP contribution < -0.4 is 5.73 Å². The van der Waals surface area contributed by atoms with Gasteiger partial charge in [-0.15, -0.1) is 0 Å². The maximum Gasteiger partial charge on any atom is 0.0491 e. The highest BCUT2D eigenvalue weighted by atomic mass is 14.7. The van der Waals surface area contributed by atoms with Gasteiger partial charge in [-0.1, -0.05) is 26.0 Å². The molecule has 0 fully saturated rings. The largest absolute Gasteiger partial charge is 0.358 e. The highest BCUT2D eigenvalue weighted by Crippen LogP contribution is 2.37. The molecule has 0 amide bonds. The average Bonchev–Trinajstić information content (AvgIpc) is 2.63. The van der Waals surface area contributed by atoms with Crippen molar-refractivity contribution in [1.82, 2.24) is 4.98 Å². The van der Waals surface area contributed by atoms with Crippen LogP contribution in [0.2, 0.25) is 0 Å². The molecule has 1 heterocycles. The second-order valence-corrected chi connectivity index (χ2v) is 6.00. The number of H-pyrrole nitrogens is 1. The molecular weight excluding hydrogens is 220 g/mol. The van der Waals surface area contributed by atoms with Crippen molar-refractivity contribution in [1.29, 1.82) is 0 Å². The lowest BCUT2D eigenvalue weighted by Crippen LogP contribution is -2.22. The molecule has 0 aliphatic heterocycles. The molecule has 0 radical (unpaired) electrons. The number of hydrogen-bond donors (Lipinski definition) is 2. The van der Waals surface area contributed by atoms with Crippen molar-refractivity contribution in [2.24, 2.45) is 5.73 Å². The number of benzene rings is 1. The fourth-order valence-corrected chi connectivity index (χ4v) is 3.06. The van der Waals surface area contributed by atoms with Crippen molar-refractivity contribution in [2.75, 3.05) is 6.54 Å². The molecule has 1 aromatic heterocycles. The highest BCUT2D eigenvalue weighted by Gasteiger charge is 2.26. The average molecular weight is 244 g/mol. The quantitative estimate of drug-likeness (QED) is 0.849. The zero-order valence-electron chi connectivity index (χ0n) is 12.1. The van der Waals surface area contributed by atoms with Gasteiger partial charge < -0.3 is 10.7 Å². The van der Waals surface area contributed by atoms with Gasteiger partial charge in [-0.05, 0) is 55.8 Å². The molecule has 0 aliphatic rings. The molecule has 98 valence electrons. The number of aryl methyl sites for hydroxylation is 3. The predicted octanol–water partition coefficient (Wildman–Crippen LogP) is 3.72. The van der Waals surface area contributed by atoms with Gasteiger partial charge in [0.25, 0.3) is 0 Å². The maximum atomic E-state index is 5.77. The van der Waals surface area contributed by atoms with E-state index in [0.29, 0.717) is 0 Å². The summed E-state index contributed by atoms with van der Waals surface area (Å²) < 4.78 is 0. The smallest absolute Gasteiger partial charge is 0.0491 e. The summed E-state index contributed by atoms with van der Waals surface area (Å²) in [4.78, 5) is 3.56. The third kappa shape index (κ3) is 1.95. The fraction of sp³-hybridized carbons (Fsp3) is 0.500. The zero-order valence-corrected chi connectivity index (χ0v) is 12.1. The minimum absolute atomic E-state index is 0.121. The Morgan fingerprint density at radius 3 is 2.33 bits per heavy atom. The van der Waals surface area contributed by atoms with Gasteiger partial charge in [0.15, 0.2) is 0 Å². The molecule has 2 rings (SSSR count). The molecule has 18 heavy (non-hydrogen) atoms. The third-order valence-electron chi connectivity index (χ3n) is 4.01. The number of aromatic nitrogens is 1. The lowest BCUT2D eigenvalue weighted by Gasteiger charge is -2.25. The van der Waals surface area contributed by atoms with Crippen LogP contribution in [0, 0.1) is 20.8 Å². The van der Waals surface area contributed by atoms with Crippen LogP contribution in [0.25, 0.3) is 10.9 Å². The summed E-state index contributed by atoms with van der Waals surface area (Å²) in [6.45, 7) is 11.8. The Balaban J connectivity index is 2.79. The molecule has 0 atom stereocenters. The Hall–Kier alpha value is -1.28. The molecule has 0 unspecified atom stereocenters. The summed E-state index contributed by atoms with van der Waals surface area (Å²) in [6, 6.07) is 4.40. The molecule has 0 saturated heterocycles. The lowest BCUT2D eigenvalue weighted by atomic mass is 9.79. The van der Waals surface area contributed by atoms with Crippen LogP contribution in [0.4, 0.5) is 0 Å². The monoisotopic (exact) mass is 244 g/mol. The Labute approximate surface area is 110 Å². The topological polar surface area (TPSA) is 41.8 Å². The first-order valence-corrected chi connectivity index (χ1v) is 6.67. The second kappa shape index (κ2) is 4.43. The Bertz CT molecular complexity index is 576. The first-order chi connectivity index (χ1) is 8.38. The van der Waals surface area contributed by atoms with Crippen molar-refractivity contribution >= 4 is 10.9 Å². The minimum atomic E-state index is 0.121. The standard InChI is InChI=1S/C16H24N2/c1-10-6-7-11(2)15-13(10)14(12(3)18-15)16(4,5)8-9-17/h6-7,18H,8-9,17H2,1-5H3. The van der Waals surface area contributed by atoms with Crippen molar-refractivity contribution < 1.29 is 0 Å². The van der Waals surface area contributed by atoms with Crippen LogP contribution in [0.3, 0.4) is 0 Å². The van der Waals surface area contributed by atoms with Crippen molar-refractivity contribution in [3.63, 3.8) is 0 Å². The van der Waals surface area contributed by atoms with E-state index in [2.05, 4.69) is 51.7 Å². The number of hydrogen-bond acceptors (Lipinski definition) is 1. The van der Waals surface area contributed by atoms with E-state index in [1.807, 2.05) is 0 Å². The summed E-state index contributed by atoms with van der Waals surface area (Å²) in [5, 5.41) is 1.39. The number of aromatic amines is 1. The Morgan fingerprint density at radius 1 is 1.11 bits per heavy atom. The minimum Gasteiger partial charge on any atom is -0.358 e. The summed E-state index contributed by atoms with van der Waals surface area (Å²) >= 11 is 0. The molecular formula is C16H24N2.